The maximum atomic E-state index is 2.43. The summed E-state index contributed by atoms with van der Waals surface area (Å²) in [5.41, 5.74) is 2.00. The van der Waals surface area contributed by atoms with Gasteiger partial charge in [0.25, 0.3) is 0 Å². The minimum atomic E-state index is 0. The Labute approximate surface area is 228 Å². The largest absolute Gasteiger partial charge is 2.00 e. The van der Waals surface area contributed by atoms with Gasteiger partial charge in [0.2, 0.25) is 0 Å². The Kier molecular flexibility index (Phi) is 15.5. The van der Waals surface area contributed by atoms with E-state index in [2.05, 4.69) is 76.6 Å². The molecule has 2 aliphatic carbocycles. The fourth-order valence-electron chi connectivity index (χ4n) is 5.26. The molecule has 2 unspecified atom stereocenters. The van der Waals surface area contributed by atoms with Crippen molar-refractivity contribution in [3.05, 3.63) is 49.9 Å². The van der Waals surface area contributed by atoms with E-state index in [1.807, 2.05) is 22.7 Å². The maximum Gasteiger partial charge on any atom is 2.00 e. The first kappa shape index (κ1) is 33.8. The monoisotopic (exact) mass is 566 g/mol. The van der Waals surface area contributed by atoms with E-state index in [1.165, 1.54) is 51.4 Å². The predicted molar refractivity (Wildman–Crippen MR) is 159 cm³/mol. The van der Waals surface area contributed by atoms with E-state index in [0.29, 0.717) is 10.3 Å². The Hall–Kier alpha value is 0.779. The van der Waals surface area contributed by atoms with Crippen molar-refractivity contribution in [3.63, 3.8) is 0 Å². The van der Waals surface area contributed by atoms with E-state index in [0.717, 1.165) is 11.3 Å². The fraction of sp³-hybridized carbons (Fsp3) is 0.643. The molecular formula is C28H48FeP2S2. The van der Waals surface area contributed by atoms with Crippen LogP contribution in [0.25, 0.3) is 0 Å². The summed E-state index contributed by atoms with van der Waals surface area (Å²) in [6.45, 7) is 14.6. The number of hydrogen-bond acceptors (Lipinski definition) is 2. The van der Waals surface area contributed by atoms with E-state index < -0.39 is 0 Å². The molecule has 0 bridgehead atoms. The summed E-state index contributed by atoms with van der Waals surface area (Å²) >= 11 is 3.95. The molecule has 0 aliphatic heterocycles. The van der Waals surface area contributed by atoms with Crippen molar-refractivity contribution in [3.8, 4) is 0 Å². The van der Waals surface area contributed by atoms with Crippen LogP contribution in [0.4, 0.5) is 0 Å². The standard InChI is InChI=1S/2C13H21PS.2CH3.Fe/c2*1-13(2,3)14(11-7-4-5-8-11)12-9-6-10-15-12;;;/h2*6,9-11H,4-5,7-8H2,1-3H3;2*1H3;/q;;2*-1;+2. The average molecular weight is 567 g/mol. The molecule has 2 atom stereocenters. The molecule has 2 fully saturated rings. The summed E-state index contributed by atoms with van der Waals surface area (Å²) in [6.07, 6.45) is 11.7. The average Bonchev–Trinajstić information content (AvgIpc) is 3.44. The summed E-state index contributed by atoms with van der Waals surface area (Å²) in [5, 5.41) is 5.45. The van der Waals surface area contributed by atoms with Gasteiger partial charge in [0, 0.05) is 9.24 Å². The molecule has 0 radical (unpaired) electrons. The van der Waals surface area contributed by atoms with Gasteiger partial charge in [0.05, 0.1) is 0 Å². The van der Waals surface area contributed by atoms with E-state index in [4.69, 9.17) is 0 Å². The molecule has 0 spiro atoms. The molecule has 4 rings (SSSR count). The van der Waals surface area contributed by atoms with Gasteiger partial charge in [0.1, 0.15) is 0 Å². The molecule has 2 aliphatic rings. The molecule has 0 N–H and O–H groups in total. The molecule has 0 aromatic carbocycles. The van der Waals surface area contributed by atoms with Crippen molar-refractivity contribution in [2.75, 3.05) is 0 Å². The Balaban J connectivity index is 0.000000569. The van der Waals surface area contributed by atoms with Gasteiger partial charge in [-0.3, -0.25) is 0 Å². The van der Waals surface area contributed by atoms with Crippen LogP contribution in [0.5, 0.6) is 0 Å². The number of rotatable bonds is 4. The summed E-state index contributed by atoms with van der Waals surface area (Å²) in [6, 6.07) is 9.16. The van der Waals surface area contributed by atoms with Crippen LogP contribution in [0.2, 0.25) is 0 Å². The minimum Gasteiger partial charge on any atom is -0.358 e. The Morgan fingerprint density at radius 3 is 1.15 bits per heavy atom. The topological polar surface area (TPSA) is 0 Å². The first-order valence-electron chi connectivity index (χ1n) is 11.8. The van der Waals surface area contributed by atoms with E-state index in [-0.39, 0.29) is 47.8 Å². The van der Waals surface area contributed by atoms with Crippen LogP contribution in [0.3, 0.4) is 0 Å². The SMILES string of the molecule is CC(C)(C)P(c1cccs1)C1CCCC1.CC(C)(C)P(c1cccs1)C1CCCC1.[CH3-].[CH3-].[Fe+2]. The third kappa shape index (κ3) is 9.63. The van der Waals surface area contributed by atoms with Gasteiger partial charge < -0.3 is 14.9 Å². The third-order valence-electron chi connectivity index (χ3n) is 6.31. The maximum absolute atomic E-state index is 2.43. The molecule has 190 valence electrons. The quantitative estimate of drug-likeness (QED) is 0.196. The van der Waals surface area contributed by atoms with E-state index in [9.17, 15) is 0 Å². The molecule has 2 aromatic heterocycles. The van der Waals surface area contributed by atoms with Gasteiger partial charge in [-0.05, 0) is 70.2 Å². The Morgan fingerprint density at radius 2 is 0.939 bits per heavy atom. The molecule has 0 amide bonds. The van der Waals surface area contributed by atoms with Crippen molar-refractivity contribution >= 4 is 47.8 Å². The smallest absolute Gasteiger partial charge is 0.358 e. The van der Waals surface area contributed by atoms with Gasteiger partial charge in [-0.15, -0.1) is 22.7 Å². The van der Waals surface area contributed by atoms with Crippen LogP contribution in [-0.2, 0) is 17.1 Å². The van der Waals surface area contributed by atoms with Crippen molar-refractivity contribution in [2.45, 2.75) is 115 Å². The zero-order valence-electron chi connectivity index (χ0n) is 22.3. The van der Waals surface area contributed by atoms with Crippen LogP contribution in [-0.4, -0.2) is 21.6 Å². The number of hydrogen-bond donors (Lipinski definition) is 0. The van der Waals surface area contributed by atoms with Crippen LogP contribution < -0.4 is 9.24 Å². The van der Waals surface area contributed by atoms with Gasteiger partial charge in [-0.1, -0.05) is 95.2 Å². The van der Waals surface area contributed by atoms with Crippen LogP contribution in [0, 0.1) is 14.9 Å². The van der Waals surface area contributed by atoms with Crippen LogP contribution >= 0.6 is 38.5 Å². The van der Waals surface area contributed by atoms with Crippen LogP contribution in [0.1, 0.15) is 92.9 Å². The summed E-state index contributed by atoms with van der Waals surface area (Å²) in [4.78, 5) is 0. The first-order chi connectivity index (χ1) is 14.2. The second-order valence-corrected chi connectivity index (χ2v) is 19.9. The van der Waals surface area contributed by atoms with Gasteiger partial charge in [0.15, 0.2) is 0 Å². The van der Waals surface area contributed by atoms with Gasteiger partial charge >= 0.3 is 17.1 Å². The molecule has 2 aromatic rings. The molecule has 2 heterocycles. The van der Waals surface area contributed by atoms with Crippen molar-refractivity contribution < 1.29 is 17.1 Å². The van der Waals surface area contributed by atoms with E-state index in [1.54, 1.807) is 9.24 Å². The summed E-state index contributed by atoms with van der Waals surface area (Å²) < 4.78 is 3.34. The van der Waals surface area contributed by atoms with Crippen molar-refractivity contribution in [2.24, 2.45) is 0 Å². The van der Waals surface area contributed by atoms with Gasteiger partial charge in [-0.2, -0.15) is 0 Å². The Morgan fingerprint density at radius 1 is 0.636 bits per heavy atom. The third-order valence-corrected chi connectivity index (χ3v) is 16.1. The zero-order valence-corrected chi connectivity index (χ0v) is 26.9. The molecule has 33 heavy (non-hydrogen) atoms. The Bertz CT molecular complexity index is 653. The molecule has 5 heteroatoms. The fourth-order valence-corrected chi connectivity index (χ4v) is 16.5. The molecule has 2 saturated carbocycles. The zero-order chi connectivity index (χ0) is 21.8. The van der Waals surface area contributed by atoms with Gasteiger partial charge in [-0.25, -0.2) is 0 Å². The number of thiophene rings is 2. The summed E-state index contributed by atoms with van der Waals surface area (Å²) in [5.74, 6) is 0. The van der Waals surface area contributed by atoms with Crippen molar-refractivity contribution in [1.82, 2.24) is 0 Å². The normalized spacial score (nSPS) is 18.8. The second kappa shape index (κ2) is 15.1. The first-order valence-corrected chi connectivity index (χ1v) is 16.4. The van der Waals surface area contributed by atoms with Crippen LogP contribution in [0.15, 0.2) is 35.0 Å². The molecule has 0 saturated heterocycles. The van der Waals surface area contributed by atoms with Crippen molar-refractivity contribution in [1.29, 1.82) is 0 Å². The second-order valence-electron chi connectivity index (χ2n) is 10.9. The predicted octanol–water partition coefficient (Wildman–Crippen LogP) is 10.1. The summed E-state index contributed by atoms with van der Waals surface area (Å²) in [7, 11) is 0.115. The minimum absolute atomic E-state index is 0. The molecular weight excluding hydrogens is 518 g/mol. The molecule has 0 nitrogen and oxygen atoms in total. The van der Waals surface area contributed by atoms with E-state index >= 15 is 0 Å².